The number of piperidine rings is 1. The Morgan fingerprint density at radius 2 is 1.89 bits per heavy atom. The van der Waals surface area contributed by atoms with Gasteiger partial charge in [-0.15, -0.1) is 0 Å². The minimum absolute atomic E-state index is 0.0175. The van der Waals surface area contributed by atoms with Crippen LogP contribution in [0.4, 0.5) is 8.78 Å². The van der Waals surface area contributed by atoms with Crippen LogP contribution in [-0.4, -0.2) is 24.0 Å². The largest absolute Gasteiger partial charge is 0.330 e. The van der Waals surface area contributed by atoms with Crippen molar-refractivity contribution < 1.29 is 8.78 Å². The molecule has 106 valence electrons. The van der Waals surface area contributed by atoms with E-state index in [9.17, 15) is 8.78 Å². The molecule has 2 atom stereocenters. The van der Waals surface area contributed by atoms with Crippen molar-refractivity contribution in [3.05, 3.63) is 35.4 Å². The summed E-state index contributed by atoms with van der Waals surface area (Å²) in [6.07, 6.45) is 2.11. The maximum absolute atomic E-state index is 13.5. The fourth-order valence-corrected chi connectivity index (χ4v) is 3.14. The smallest absolute Gasteiger partial charge is 0.126 e. The molecule has 0 bridgehead atoms. The van der Waals surface area contributed by atoms with Gasteiger partial charge < -0.3 is 5.73 Å². The summed E-state index contributed by atoms with van der Waals surface area (Å²) in [5.74, 6) is -0.766. The summed E-state index contributed by atoms with van der Waals surface area (Å²) >= 11 is 0. The van der Waals surface area contributed by atoms with Gasteiger partial charge in [-0.25, -0.2) is 8.78 Å². The van der Waals surface area contributed by atoms with Crippen molar-refractivity contribution >= 4 is 0 Å². The molecule has 1 fully saturated rings. The third-order valence-corrected chi connectivity index (χ3v) is 3.99. The van der Waals surface area contributed by atoms with Crippen LogP contribution in [0.25, 0.3) is 0 Å². The first-order chi connectivity index (χ1) is 9.02. The van der Waals surface area contributed by atoms with E-state index in [0.29, 0.717) is 18.2 Å². The lowest BCUT2D eigenvalue weighted by molar-refractivity contribution is 0.0661. The third kappa shape index (κ3) is 3.12. The lowest BCUT2D eigenvalue weighted by Gasteiger charge is -2.43. The Labute approximate surface area is 113 Å². The number of rotatable bonds is 3. The number of hydrogen-bond donors (Lipinski definition) is 1. The second kappa shape index (κ2) is 5.97. The molecule has 4 heteroatoms. The van der Waals surface area contributed by atoms with Crippen molar-refractivity contribution in [2.45, 2.75) is 38.8 Å². The normalized spacial score (nSPS) is 24.9. The van der Waals surface area contributed by atoms with Crippen LogP contribution in [0.2, 0.25) is 0 Å². The van der Waals surface area contributed by atoms with Crippen molar-refractivity contribution in [3.63, 3.8) is 0 Å². The monoisotopic (exact) mass is 268 g/mol. The molecule has 2 unspecified atom stereocenters. The summed E-state index contributed by atoms with van der Waals surface area (Å²) in [5.41, 5.74) is 6.56. The second-order valence-corrected chi connectivity index (χ2v) is 5.62. The molecule has 0 radical (unpaired) electrons. The summed E-state index contributed by atoms with van der Waals surface area (Å²) in [4.78, 5) is 2.30. The Morgan fingerprint density at radius 3 is 2.42 bits per heavy atom. The van der Waals surface area contributed by atoms with Crippen LogP contribution in [0.15, 0.2) is 18.2 Å². The molecule has 0 aromatic heterocycles. The Morgan fingerprint density at radius 1 is 1.26 bits per heavy atom. The first kappa shape index (κ1) is 14.4. The third-order valence-electron chi connectivity index (χ3n) is 3.99. The first-order valence-electron chi connectivity index (χ1n) is 6.94. The van der Waals surface area contributed by atoms with E-state index in [1.54, 1.807) is 0 Å². The van der Waals surface area contributed by atoms with Gasteiger partial charge in [0.15, 0.2) is 0 Å². The van der Waals surface area contributed by atoms with Crippen LogP contribution in [-0.2, 0) is 0 Å². The molecule has 0 amide bonds. The molecule has 19 heavy (non-hydrogen) atoms. The lowest BCUT2D eigenvalue weighted by atomic mass is 9.84. The number of halogens is 2. The summed E-state index contributed by atoms with van der Waals surface area (Å²) < 4.78 is 26.9. The Bertz CT molecular complexity index is 414. The van der Waals surface area contributed by atoms with Crippen molar-refractivity contribution in [1.29, 1.82) is 0 Å². The highest BCUT2D eigenvalue weighted by atomic mass is 19.1. The van der Waals surface area contributed by atoms with E-state index in [0.717, 1.165) is 25.5 Å². The molecule has 2 nitrogen and oxygen atoms in total. The summed E-state index contributed by atoms with van der Waals surface area (Å²) in [7, 11) is 0. The highest BCUT2D eigenvalue weighted by Gasteiger charge is 2.33. The minimum Gasteiger partial charge on any atom is -0.330 e. The summed E-state index contributed by atoms with van der Waals surface area (Å²) in [5, 5.41) is 0. The van der Waals surface area contributed by atoms with Gasteiger partial charge in [0, 0.05) is 18.2 Å². The molecule has 1 saturated heterocycles. The minimum atomic E-state index is -0.514. The van der Waals surface area contributed by atoms with Crippen LogP contribution < -0.4 is 5.73 Å². The van der Waals surface area contributed by atoms with Gasteiger partial charge in [-0.1, -0.05) is 0 Å². The van der Waals surface area contributed by atoms with Gasteiger partial charge in [0.2, 0.25) is 0 Å². The van der Waals surface area contributed by atoms with Crippen LogP contribution in [0.3, 0.4) is 0 Å². The lowest BCUT2D eigenvalue weighted by Crippen LogP contribution is -2.45. The fourth-order valence-electron chi connectivity index (χ4n) is 3.14. The number of hydrogen-bond acceptors (Lipinski definition) is 2. The van der Waals surface area contributed by atoms with E-state index in [1.165, 1.54) is 12.1 Å². The first-order valence-corrected chi connectivity index (χ1v) is 6.94. The zero-order chi connectivity index (χ0) is 14.0. The predicted octanol–water partition coefficient (Wildman–Crippen LogP) is 3.09. The molecule has 1 aliphatic heterocycles. The average molecular weight is 268 g/mol. The number of nitrogens with zero attached hydrogens (tertiary/aromatic N) is 1. The standard InChI is InChI=1S/C15H22F2N2/c1-10(2)19-5-3-4-11(9-18)15(19)12-6-13(16)8-14(17)7-12/h6-8,10-11,15H,3-5,9,18H2,1-2H3. The molecule has 1 aromatic rings. The zero-order valence-electron chi connectivity index (χ0n) is 11.6. The number of nitrogens with two attached hydrogens (primary N) is 1. The predicted molar refractivity (Wildman–Crippen MR) is 72.7 cm³/mol. The van der Waals surface area contributed by atoms with E-state index in [-0.39, 0.29) is 12.0 Å². The molecular weight excluding hydrogens is 246 g/mol. The van der Waals surface area contributed by atoms with Crippen molar-refractivity contribution in [2.75, 3.05) is 13.1 Å². The van der Waals surface area contributed by atoms with E-state index >= 15 is 0 Å². The Hall–Kier alpha value is -1.00. The van der Waals surface area contributed by atoms with Gasteiger partial charge in [-0.05, 0) is 63.4 Å². The highest BCUT2D eigenvalue weighted by molar-refractivity contribution is 5.23. The van der Waals surface area contributed by atoms with Crippen molar-refractivity contribution in [1.82, 2.24) is 4.90 Å². The van der Waals surface area contributed by atoms with Crippen LogP contribution >= 0.6 is 0 Å². The maximum Gasteiger partial charge on any atom is 0.126 e. The highest BCUT2D eigenvalue weighted by Crippen LogP contribution is 2.37. The van der Waals surface area contributed by atoms with Gasteiger partial charge in [0.1, 0.15) is 11.6 Å². The molecular formula is C15H22F2N2. The Kier molecular flexibility index (Phi) is 4.53. The van der Waals surface area contributed by atoms with E-state index in [1.807, 2.05) is 0 Å². The van der Waals surface area contributed by atoms with Crippen LogP contribution in [0, 0.1) is 17.6 Å². The topological polar surface area (TPSA) is 29.3 Å². The molecule has 1 heterocycles. The maximum atomic E-state index is 13.5. The second-order valence-electron chi connectivity index (χ2n) is 5.62. The number of benzene rings is 1. The van der Waals surface area contributed by atoms with Crippen LogP contribution in [0.1, 0.15) is 38.3 Å². The Balaban J connectivity index is 2.39. The molecule has 0 aliphatic carbocycles. The molecule has 1 aromatic carbocycles. The summed E-state index contributed by atoms with van der Waals surface area (Å²) in [6.45, 7) is 5.73. The SMILES string of the molecule is CC(C)N1CCCC(CN)C1c1cc(F)cc(F)c1. The van der Waals surface area contributed by atoms with Gasteiger partial charge in [0.25, 0.3) is 0 Å². The molecule has 2 rings (SSSR count). The van der Waals surface area contributed by atoms with Gasteiger partial charge in [0.05, 0.1) is 0 Å². The van der Waals surface area contributed by atoms with Gasteiger partial charge in [-0.2, -0.15) is 0 Å². The van der Waals surface area contributed by atoms with E-state index in [2.05, 4.69) is 18.7 Å². The number of likely N-dealkylation sites (tertiary alicyclic amines) is 1. The zero-order valence-corrected chi connectivity index (χ0v) is 11.6. The van der Waals surface area contributed by atoms with E-state index in [4.69, 9.17) is 5.73 Å². The van der Waals surface area contributed by atoms with Crippen LogP contribution in [0.5, 0.6) is 0 Å². The molecule has 0 spiro atoms. The van der Waals surface area contributed by atoms with Crippen molar-refractivity contribution in [2.24, 2.45) is 11.7 Å². The quantitative estimate of drug-likeness (QED) is 0.912. The molecule has 2 N–H and O–H groups in total. The van der Waals surface area contributed by atoms with Gasteiger partial charge in [-0.3, -0.25) is 4.90 Å². The average Bonchev–Trinajstić information content (AvgIpc) is 2.36. The molecule has 1 aliphatic rings. The van der Waals surface area contributed by atoms with Gasteiger partial charge >= 0.3 is 0 Å². The van der Waals surface area contributed by atoms with Crippen molar-refractivity contribution in [3.8, 4) is 0 Å². The summed E-state index contributed by atoms with van der Waals surface area (Å²) in [6, 6.07) is 4.16. The molecule has 0 saturated carbocycles. The van der Waals surface area contributed by atoms with E-state index < -0.39 is 11.6 Å². The fraction of sp³-hybridized carbons (Fsp3) is 0.600.